The van der Waals surface area contributed by atoms with E-state index in [-0.39, 0.29) is 12.0 Å². The van der Waals surface area contributed by atoms with Gasteiger partial charge in [0.2, 0.25) is 0 Å². The molecular formula is C17H25NO3. The monoisotopic (exact) mass is 291 g/mol. The highest BCUT2D eigenvalue weighted by Crippen LogP contribution is 2.23. The number of carbonyl (C=O) groups is 1. The number of nitrogens with one attached hydrogen (secondary N) is 1. The number of esters is 1. The molecule has 1 aliphatic rings. The first kappa shape index (κ1) is 16.0. The minimum Gasteiger partial charge on any atom is -0.469 e. The lowest BCUT2D eigenvalue weighted by molar-refractivity contribution is -0.141. The molecule has 1 aromatic rings. The fourth-order valence-corrected chi connectivity index (χ4v) is 2.90. The van der Waals surface area contributed by atoms with Crippen LogP contribution in [-0.2, 0) is 33.5 Å². The van der Waals surface area contributed by atoms with E-state index in [1.54, 1.807) is 7.11 Å². The molecule has 0 aromatic heterocycles. The molecule has 0 heterocycles. The third kappa shape index (κ3) is 4.83. The molecule has 0 amide bonds. The molecule has 1 aromatic carbocycles. The highest BCUT2D eigenvalue weighted by molar-refractivity contribution is 5.70. The molecule has 4 nitrogen and oxygen atoms in total. The molecule has 1 unspecified atom stereocenters. The summed E-state index contributed by atoms with van der Waals surface area (Å²) in [6.45, 7) is 1.38. The van der Waals surface area contributed by atoms with E-state index in [2.05, 4.69) is 23.5 Å². The Labute approximate surface area is 126 Å². The summed E-state index contributed by atoms with van der Waals surface area (Å²) in [6, 6.07) is 6.81. The first-order valence-electron chi connectivity index (χ1n) is 7.62. The topological polar surface area (TPSA) is 47.6 Å². The van der Waals surface area contributed by atoms with E-state index in [1.807, 2.05) is 0 Å². The molecule has 0 radical (unpaired) electrons. The fraction of sp³-hybridized carbons (Fsp3) is 0.588. The number of methoxy groups -OCH3 is 2. The van der Waals surface area contributed by atoms with Crippen LogP contribution in [-0.4, -0.2) is 39.4 Å². The lowest BCUT2D eigenvalue weighted by Crippen LogP contribution is -2.35. The number of hydrogen-bond donors (Lipinski definition) is 1. The smallest absolute Gasteiger partial charge is 0.307 e. The Morgan fingerprint density at radius 1 is 1.29 bits per heavy atom. The van der Waals surface area contributed by atoms with Gasteiger partial charge in [0.25, 0.3) is 0 Å². The Morgan fingerprint density at radius 2 is 2.10 bits per heavy atom. The first-order valence-corrected chi connectivity index (χ1v) is 7.62. The number of carbonyl (C=O) groups excluding carboxylic acids is 1. The van der Waals surface area contributed by atoms with Crippen LogP contribution in [0.25, 0.3) is 0 Å². The second-order valence-corrected chi connectivity index (χ2v) is 5.58. The van der Waals surface area contributed by atoms with Crippen LogP contribution >= 0.6 is 0 Å². The number of hydrogen-bond acceptors (Lipinski definition) is 4. The van der Waals surface area contributed by atoms with E-state index in [4.69, 9.17) is 9.47 Å². The number of ether oxygens (including phenoxy) is 2. The summed E-state index contributed by atoms with van der Waals surface area (Å²) >= 11 is 0. The van der Waals surface area contributed by atoms with Gasteiger partial charge in [-0.2, -0.15) is 0 Å². The van der Waals surface area contributed by atoms with Crippen molar-refractivity contribution in [2.24, 2.45) is 0 Å². The van der Waals surface area contributed by atoms with Crippen LogP contribution in [0, 0.1) is 0 Å². The zero-order chi connectivity index (χ0) is 15.1. The van der Waals surface area contributed by atoms with Gasteiger partial charge in [-0.15, -0.1) is 0 Å². The number of rotatable bonds is 8. The van der Waals surface area contributed by atoms with Crippen molar-refractivity contribution in [3.63, 3.8) is 0 Å². The molecule has 0 spiro atoms. The van der Waals surface area contributed by atoms with Crippen LogP contribution in [0.4, 0.5) is 0 Å². The molecule has 4 heteroatoms. The first-order chi connectivity index (χ1) is 10.2. The van der Waals surface area contributed by atoms with Crippen LogP contribution in [0.5, 0.6) is 0 Å². The van der Waals surface area contributed by atoms with Crippen LogP contribution < -0.4 is 5.32 Å². The van der Waals surface area contributed by atoms with Crippen molar-refractivity contribution in [1.82, 2.24) is 5.32 Å². The summed E-state index contributed by atoms with van der Waals surface area (Å²) in [7, 11) is 3.11. The summed E-state index contributed by atoms with van der Waals surface area (Å²) in [4.78, 5) is 11.5. The SMILES string of the molecule is COCCNC(CC(=O)OC)Cc1ccc2c(c1)CCC2. The minimum atomic E-state index is -0.175. The summed E-state index contributed by atoms with van der Waals surface area (Å²) in [5.41, 5.74) is 4.24. The van der Waals surface area contributed by atoms with Crippen molar-refractivity contribution in [3.8, 4) is 0 Å². The second kappa shape index (κ2) is 8.15. The molecule has 0 aliphatic heterocycles. The van der Waals surface area contributed by atoms with Gasteiger partial charge < -0.3 is 14.8 Å². The number of aryl methyl sites for hydroxylation is 2. The van der Waals surface area contributed by atoms with Gasteiger partial charge in [-0.3, -0.25) is 4.79 Å². The number of fused-ring (bicyclic) bond motifs is 1. The van der Waals surface area contributed by atoms with Crippen molar-refractivity contribution in [2.45, 2.75) is 38.1 Å². The Bertz CT molecular complexity index is 473. The maximum atomic E-state index is 11.5. The number of benzene rings is 1. The summed E-state index contributed by atoms with van der Waals surface area (Å²) in [5, 5.41) is 3.38. The molecule has 0 saturated heterocycles. The van der Waals surface area contributed by atoms with Crippen molar-refractivity contribution in [1.29, 1.82) is 0 Å². The van der Waals surface area contributed by atoms with Gasteiger partial charge in [-0.25, -0.2) is 0 Å². The Kier molecular flexibility index (Phi) is 6.21. The van der Waals surface area contributed by atoms with Gasteiger partial charge in [0.15, 0.2) is 0 Å². The third-order valence-electron chi connectivity index (χ3n) is 4.02. The quantitative estimate of drug-likeness (QED) is 0.587. The highest BCUT2D eigenvalue weighted by Gasteiger charge is 2.16. The molecule has 2 rings (SSSR count). The molecule has 0 saturated carbocycles. The Morgan fingerprint density at radius 3 is 2.86 bits per heavy atom. The Hall–Kier alpha value is -1.39. The zero-order valence-electron chi connectivity index (χ0n) is 13.0. The lowest BCUT2D eigenvalue weighted by atomic mass is 9.99. The molecule has 0 bridgehead atoms. The van der Waals surface area contributed by atoms with E-state index in [0.29, 0.717) is 13.0 Å². The zero-order valence-corrected chi connectivity index (χ0v) is 13.0. The van der Waals surface area contributed by atoms with E-state index in [1.165, 1.54) is 43.1 Å². The van der Waals surface area contributed by atoms with E-state index in [9.17, 15) is 4.79 Å². The summed E-state index contributed by atoms with van der Waals surface area (Å²) < 4.78 is 9.84. The maximum absolute atomic E-state index is 11.5. The average Bonchev–Trinajstić information content (AvgIpc) is 2.94. The summed E-state index contributed by atoms with van der Waals surface area (Å²) in [5.74, 6) is -0.175. The third-order valence-corrected chi connectivity index (χ3v) is 4.02. The fourth-order valence-electron chi connectivity index (χ4n) is 2.90. The van der Waals surface area contributed by atoms with Crippen molar-refractivity contribution in [3.05, 3.63) is 34.9 Å². The standard InChI is InChI=1S/C17H25NO3/c1-20-9-8-18-16(12-17(19)21-2)11-13-6-7-14-4-3-5-15(14)10-13/h6-7,10,16,18H,3-5,8-9,11-12H2,1-2H3. The van der Waals surface area contributed by atoms with E-state index < -0.39 is 0 Å². The molecule has 1 atom stereocenters. The van der Waals surface area contributed by atoms with Crippen LogP contribution in [0.1, 0.15) is 29.5 Å². The average molecular weight is 291 g/mol. The summed E-state index contributed by atoms with van der Waals surface area (Å²) in [6.07, 6.45) is 4.87. The second-order valence-electron chi connectivity index (χ2n) is 5.58. The van der Waals surface area contributed by atoms with Gasteiger partial charge in [-0.05, 0) is 42.4 Å². The predicted octanol–water partition coefficient (Wildman–Crippen LogP) is 1.89. The normalized spacial score (nSPS) is 14.8. The predicted molar refractivity (Wildman–Crippen MR) is 82.5 cm³/mol. The molecule has 21 heavy (non-hydrogen) atoms. The lowest BCUT2D eigenvalue weighted by Gasteiger charge is -2.18. The Balaban J connectivity index is 1.97. The van der Waals surface area contributed by atoms with Crippen molar-refractivity contribution in [2.75, 3.05) is 27.4 Å². The molecular weight excluding hydrogens is 266 g/mol. The molecule has 116 valence electrons. The van der Waals surface area contributed by atoms with Crippen molar-refractivity contribution >= 4 is 5.97 Å². The van der Waals surface area contributed by atoms with Gasteiger partial charge in [-0.1, -0.05) is 18.2 Å². The largest absolute Gasteiger partial charge is 0.469 e. The maximum Gasteiger partial charge on any atom is 0.307 e. The van der Waals surface area contributed by atoms with Crippen LogP contribution in [0.2, 0.25) is 0 Å². The highest BCUT2D eigenvalue weighted by atomic mass is 16.5. The molecule has 1 N–H and O–H groups in total. The van der Waals surface area contributed by atoms with Gasteiger partial charge in [0.05, 0.1) is 20.1 Å². The van der Waals surface area contributed by atoms with Crippen LogP contribution in [0.3, 0.4) is 0 Å². The van der Waals surface area contributed by atoms with E-state index >= 15 is 0 Å². The van der Waals surface area contributed by atoms with Gasteiger partial charge >= 0.3 is 5.97 Å². The van der Waals surface area contributed by atoms with Gasteiger partial charge in [0.1, 0.15) is 0 Å². The van der Waals surface area contributed by atoms with E-state index in [0.717, 1.165) is 13.0 Å². The minimum absolute atomic E-state index is 0.0899. The molecule has 0 fully saturated rings. The van der Waals surface area contributed by atoms with Gasteiger partial charge in [0, 0.05) is 19.7 Å². The molecule has 1 aliphatic carbocycles. The van der Waals surface area contributed by atoms with Crippen LogP contribution in [0.15, 0.2) is 18.2 Å². The van der Waals surface area contributed by atoms with Crippen molar-refractivity contribution < 1.29 is 14.3 Å².